The predicted molar refractivity (Wildman–Crippen MR) is 70.9 cm³/mol. The van der Waals surface area contributed by atoms with Crippen LogP contribution in [0.3, 0.4) is 0 Å². The third-order valence-corrected chi connectivity index (χ3v) is 3.23. The Hall–Kier alpha value is -0.970. The molecule has 0 saturated carbocycles. The lowest BCUT2D eigenvalue weighted by atomic mass is 10.0. The number of halogens is 3. The van der Waals surface area contributed by atoms with Crippen LogP contribution >= 0.6 is 15.9 Å². The molecule has 0 aliphatic carbocycles. The average Bonchev–Trinajstić information content (AvgIpc) is 2.30. The fraction of sp³-hybridized carbons (Fsp3) is 0.462. The van der Waals surface area contributed by atoms with Gasteiger partial charge in [0.1, 0.15) is 11.6 Å². The Labute approximate surface area is 114 Å². The lowest BCUT2D eigenvalue weighted by Crippen LogP contribution is -2.37. The maximum atomic E-state index is 13.4. The summed E-state index contributed by atoms with van der Waals surface area (Å²) in [4.78, 5) is 11.8. The van der Waals surface area contributed by atoms with Crippen molar-refractivity contribution < 1.29 is 13.6 Å². The van der Waals surface area contributed by atoms with E-state index in [0.29, 0.717) is 11.2 Å². The van der Waals surface area contributed by atoms with E-state index in [1.165, 1.54) is 0 Å². The van der Waals surface area contributed by atoms with Crippen LogP contribution in [0.2, 0.25) is 0 Å². The SMILES string of the molecule is CC(C)CC(CBr)NC(=O)c1cc(F)ccc1F. The molecule has 0 saturated heterocycles. The third kappa shape index (κ3) is 4.37. The first kappa shape index (κ1) is 15.1. The van der Waals surface area contributed by atoms with Crippen molar-refractivity contribution in [2.45, 2.75) is 26.3 Å². The molecule has 1 aromatic rings. The second-order valence-electron chi connectivity index (χ2n) is 4.58. The lowest BCUT2D eigenvalue weighted by Gasteiger charge is -2.18. The van der Waals surface area contributed by atoms with Crippen LogP contribution in [0.4, 0.5) is 8.78 Å². The Bertz CT molecular complexity index is 423. The van der Waals surface area contributed by atoms with Crippen LogP contribution < -0.4 is 5.32 Å². The number of carbonyl (C=O) groups is 1. The summed E-state index contributed by atoms with van der Waals surface area (Å²) in [5.74, 6) is -1.52. The Balaban J connectivity index is 2.77. The number of alkyl halides is 1. The molecule has 1 rings (SSSR count). The van der Waals surface area contributed by atoms with Crippen LogP contribution in [-0.2, 0) is 0 Å². The Morgan fingerprint density at radius 1 is 1.39 bits per heavy atom. The van der Waals surface area contributed by atoms with E-state index in [9.17, 15) is 13.6 Å². The van der Waals surface area contributed by atoms with Gasteiger partial charge >= 0.3 is 0 Å². The molecule has 5 heteroatoms. The van der Waals surface area contributed by atoms with Crippen LogP contribution in [-0.4, -0.2) is 17.3 Å². The van der Waals surface area contributed by atoms with Gasteiger partial charge in [0, 0.05) is 11.4 Å². The van der Waals surface area contributed by atoms with Gasteiger partial charge in [-0.2, -0.15) is 0 Å². The van der Waals surface area contributed by atoms with Gasteiger partial charge in [0.2, 0.25) is 0 Å². The molecule has 1 atom stereocenters. The quantitative estimate of drug-likeness (QED) is 0.827. The van der Waals surface area contributed by atoms with E-state index >= 15 is 0 Å². The summed E-state index contributed by atoms with van der Waals surface area (Å²) in [5, 5.41) is 3.27. The van der Waals surface area contributed by atoms with Crippen molar-refractivity contribution in [1.82, 2.24) is 5.32 Å². The minimum Gasteiger partial charge on any atom is -0.348 e. The molecular formula is C13H16BrF2NO. The standard InChI is InChI=1S/C13H16BrF2NO/c1-8(2)5-10(7-14)17-13(18)11-6-9(15)3-4-12(11)16/h3-4,6,8,10H,5,7H2,1-2H3,(H,17,18). The van der Waals surface area contributed by atoms with Gasteiger partial charge in [0.05, 0.1) is 5.56 Å². The molecule has 1 unspecified atom stereocenters. The van der Waals surface area contributed by atoms with Crippen molar-refractivity contribution in [1.29, 1.82) is 0 Å². The largest absolute Gasteiger partial charge is 0.348 e. The number of rotatable bonds is 5. The van der Waals surface area contributed by atoms with Crippen LogP contribution in [0.25, 0.3) is 0 Å². The van der Waals surface area contributed by atoms with Gasteiger partial charge in [-0.1, -0.05) is 29.8 Å². The molecule has 0 bridgehead atoms. The van der Waals surface area contributed by atoms with Gasteiger partial charge in [-0.15, -0.1) is 0 Å². The van der Waals surface area contributed by atoms with Crippen LogP contribution in [0.15, 0.2) is 18.2 Å². The fourth-order valence-corrected chi connectivity index (χ4v) is 2.09. The van der Waals surface area contributed by atoms with E-state index in [0.717, 1.165) is 24.6 Å². The molecule has 2 nitrogen and oxygen atoms in total. The minimum absolute atomic E-state index is 0.0971. The highest BCUT2D eigenvalue weighted by Gasteiger charge is 2.17. The fourth-order valence-electron chi connectivity index (χ4n) is 1.66. The zero-order chi connectivity index (χ0) is 13.7. The Morgan fingerprint density at radius 3 is 2.61 bits per heavy atom. The highest BCUT2D eigenvalue weighted by molar-refractivity contribution is 9.09. The zero-order valence-corrected chi connectivity index (χ0v) is 11.9. The minimum atomic E-state index is -0.716. The predicted octanol–water partition coefficient (Wildman–Crippen LogP) is 3.50. The molecule has 1 aromatic carbocycles. The molecule has 1 N–H and O–H groups in total. The summed E-state index contributed by atoms with van der Waals surface area (Å²) in [6.45, 7) is 4.06. The Morgan fingerprint density at radius 2 is 2.06 bits per heavy atom. The Kier molecular flexibility index (Phi) is 5.72. The van der Waals surface area contributed by atoms with Crippen LogP contribution in [0.5, 0.6) is 0 Å². The van der Waals surface area contributed by atoms with Gasteiger partial charge in [-0.05, 0) is 30.5 Å². The lowest BCUT2D eigenvalue weighted by molar-refractivity contribution is 0.0932. The smallest absolute Gasteiger partial charge is 0.254 e. The number of hydrogen-bond acceptors (Lipinski definition) is 1. The monoisotopic (exact) mass is 319 g/mol. The zero-order valence-electron chi connectivity index (χ0n) is 10.3. The van der Waals surface area contributed by atoms with E-state index in [2.05, 4.69) is 21.2 Å². The molecule has 1 amide bonds. The van der Waals surface area contributed by atoms with Gasteiger partial charge in [0.25, 0.3) is 5.91 Å². The van der Waals surface area contributed by atoms with Gasteiger partial charge in [0.15, 0.2) is 0 Å². The molecule has 0 aliphatic heterocycles. The van der Waals surface area contributed by atoms with Crippen molar-refractivity contribution in [2.75, 3.05) is 5.33 Å². The highest BCUT2D eigenvalue weighted by Crippen LogP contribution is 2.12. The second kappa shape index (κ2) is 6.83. The molecular weight excluding hydrogens is 304 g/mol. The molecule has 0 aliphatic rings. The molecule has 0 radical (unpaired) electrons. The van der Waals surface area contributed by atoms with Crippen LogP contribution in [0, 0.1) is 17.6 Å². The van der Waals surface area contributed by atoms with Gasteiger partial charge in [-0.25, -0.2) is 8.78 Å². The normalized spacial score (nSPS) is 12.6. The summed E-state index contributed by atoms with van der Waals surface area (Å²) >= 11 is 3.30. The topological polar surface area (TPSA) is 29.1 Å². The van der Waals surface area contributed by atoms with Crippen molar-refractivity contribution in [3.63, 3.8) is 0 Å². The first-order valence-electron chi connectivity index (χ1n) is 5.76. The first-order valence-corrected chi connectivity index (χ1v) is 6.88. The van der Waals surface area contributed by atoms with E-state index in [-0.39, 0.29) is 11.6 Å². The van der Waals surface area contributed by atoms with Crippen molar-refractivity contribution >= 4 is 21.8 Å². The number of amides is 1. The number of nitrogens with one attached hydrogen (secondary N) is 1. The van der Waals surface area contributed by atoms with Crippen LogP contribution in [0.1, 0.15) is 30.6 Å². The summed E-state index contributed by atoms with van der Waals surface area (Å²) in [5.41, 5.74) is -0.260. The first-order chi connectivity index (χ1) is 8.43. The van der Waals surface area contributed by atoms with Gasteiger partial charge in [-0.3, -0.25) is 4.79 Å². The van der Waals surface area contributed by atoms with Crippen molar-refractivity contribution in [2.24, 2.45) is 5.92 Å². The van der Waals surface area contributed by atoms with E-state index in [1.807, 2.05) is 13.8 Å². The van der Waals surface area contributed by atoms with Crippen molar-refractivity contribution in [3.8, 4) is 0 Å². The average molecular weight is 320 g/mol. The maximum Gasteiger partial charge on any atom is 0.254 e. The molecule has 100 valence electrons. The summed E-state index contributed by atoms with van der Waals surface area (Å²) in [6.07, 6.45) is 0.772. The molecule has 0 aromatic heterocycles. The number of benzene rings is 1. The van der Waals surface area contributed by atoms with E-state index in [4.69, 9.17) is 0 Å². The van der Waals surface area contributed by atoms with Gasteiger partial charge < -0.3 is 5.32 Å². The summed E-state index contributed by atoms with van der Waals surface area (Å²) in [6, 6.07) is 2.75. The van der Waals surface area contributed by atoms with E-state index in [1.54, 1.807) is 0 Å². The second-order valence-corrected chi connectivity index (χ2v) is 5.23. The maximum absolute atomic E-state index is 13.4. The van der Waals surface area contributed by atoms with Crippen molar-refractivity contribution in [3.05, 3.63) is 35.4 Å². The summed E-state index contributed by atoms with van der Waals surface area (Å²) < 4.78 is 26.4. The van der Waals surface area contributed by atoms with E-state index < -0.39 is 17.5 Å². The number of hydrogen-bond donors (Lipinski definition) is 1. The molecule has 0 spiro atoms. The molecule has 18 heavy (non-hydrogen) atoms. The molecule has 0 heterocycles. The third-order valence-electron chi connectivity index (χ3n) is 2.45. The number of carbonyl (C=O) groups excluding carboxylic acids is 1. The highest BCUT2D eigenvalue weighted by atomic mass is 79.9. The summed E-state index contributed by atoms with van der Waals surface area (Å²) in [7, 11) is 0. The molecule has 0 fully saturated rings.